The number of hydrogen-bond acceptors (Lipinski definition) is 0. The van der Waals surface area contributed by atoms with Gasteiger partial charge in [0, 0.05) is 0 Å². The molecule has 0 spiro atoms. The minimum absolute atomic E-state index is 0.103. The summed E-state index contributed by atoms with van der Waals surface area (Å²) in [7, 11) is 17.4. The summed E-state index contributed by atoms with van der Waals surface area (Å²) in [5, 5.41) is 11.2. The molecule has 2 aliphatic rings. The molecule has 0 saturated heterocycles. The number of benzene rings is 8. The predicted octanol–water partition coefficient (Wildman–Crippen LogP) is 16.5. The molecule has 0 nitrogen and oxygen atoms in total. The van der Waals surface area contributed by atoms with E-state index >= 15 is 0 Å². The second-order valence-corrected chi connectivity index (χ2v) is 59.7. The summed E-state index contributed by atoms with van der Waals surface area (Å²) in [5.74, 6) is -1.80. The zero-order valence-electron chi connectivity index (χ0n) is 31.6. The molecule has 0 bridgehead atoms. The number of fused-ring (bicyclic) bond motifs is 8. The number of rotatable bonds is 5. The molecule has 8 aromatic carbocycles. The van der Waals surface area contributed by atoms with Gasteiger partial charge in [-0.15, -0.1) is 0 Å². The van der Waals surface area contributed by atoms with Crippen molar-refractivity contribution in [2.45, 2.75) is 34.2 Å². The Hall–Kier alpha value is -3.46. The van der Waals surface area contributed by atoms with E-state index in [2.05, 4.69) is 173 Å². The first-order valence-electron chi connectivity index (χ1n) is 19.4. The van der Waals surface area contributed by atoms with Crippen molar-refractivity contribution in [2.75, 3.05) is 0 Å². The maximum absolute atomic E-state index is 8.70. The van der Waals surface area contributed by atoms with Crippen LogP contribution in [0.1, 0.15) is 43.4 Å². The van der Waals surface area contributed by atoms with Gasteiger partial charge in [-0.2, -0.15) is 0 Å². The first-order valence-corrected chi connectivity index (χ1v) is 36.4. The van der Waals surface area contributed by atoms with Crippen LogP contribution in [0.3, 0.4) is 0 Å². The van der Waals surface area contributed by atoms with Crippen molar-refractivity contribution in [1.82, 2.24) is 0 Å². The van der Waals surface area contributed by atoms with E-state index in [0.717, 1.165) is 11.1 Å². The molecule has 0 aliphatic heterocycles. The van der Waals surface area contributed by atoms with E-state index < -0.39 is 21.5 Å². The second-order valence-electron chi connectivity index (χ2n) is 16.3. The normalized spacial score (nSPS) is 17.3. The van der Waals surface area contributed by atoms with Crippen molar-refractivity contribution in [3.8, 4) is 22.3 Å². The molecule has 0 saturated carbocycles. The Kier molecular flexibility index (Phi) is 8.74. The van der Waals surface area contributed by atoms with Crippen LogP contribution in [0.25, 0.3) is 77.5 Å². The summed E-state index contributed by atoms with van der Waals surface area (Å²) in [6.07, 6.45) is 4.73. The van der Waals surface area contributed by atoms with Crippen molar-refractivity contribution >= 4 is 101 Å². The molecule has 2 aliphatic carbocycles. The van der Waals surface area contributed by atoms with E-state index in [9.17, 15) is 0 Å². The van der Waals surface area contributed by atoms with Gasteiger partial charge in [-0.05, 0) is 0 Å². The Morgan fingerprint density at radius 2 is 0.804 bits per heavy atom. The standard InChI is InChI=1S/2C24H16Cl.C2H7Si.2ClH.Zr/c2*1-15-10-17-12-18(25)14-24(22(17)11-15)23-13-16-6-2-3-7-19(16)20-8-4-5-9-21(20)23;1-3-2;;;/h2*2-14H,1H3;3H,1-2H3;2*1H;/q;;;;;+2/p-2. The fourth-order valence-corrected chi connectivity index (χ4v) is 43.8. The Labute approximate surface area is 347 Å². The Balaban J connectivity index is 1.19. The predicted molar refractivity (Wildman–Crippen MR) is 247 cm³/mol. The average molecular weight is 901 g/mol. The monoisotopic (exact) mass is 897 g/mol. The molecule has 0 fully saturated rings. The maximum atomic E-state index is 8.70. The average Bonchev–Trinajstić information content (AvgIpc) is 3.72. The van der Waals surface area contributed by atoms with Crippen LogP contribution in [0.4, 0.5) is 0 Å². The zero-order chi connectivity index (χ0) is 38.7. The number of hydrogen-bond donors (Lipinski definition) is 0. The van der Waals surface area contributed by atoms with Crippen molar-refractivity contribution in [1.29, 1.82) is 0 Å². The molecule has 275 valence electrons. The van der Waals surface area contributed by atoms with Crippen LogP contribution in [0, 0.1) is 0 Å². The fourth-order valence-electron chi connectivity index (χ4n) is 10.5. The molecule has 2 atom stereocenters. The molecule has 0 N–H and O–H groups in total. The van der Waals surface area contributed by atoms with Crippen molar-refractivity contribution < 1.29 is 15.6 Å². The van der Waals surface area contributed by atoms with Crippen LogP contribution in [-0.2, 0) is 15.6 Å². The molecule has 0 radical (unpaired) electrons. The first kappa shape index (κ1) is 36.9. The van der Waals surface area contributed by atoms with E-state index in [1.165, 1.54) is 87.6 Å². The van der Waals surface area contributed by atoms with Crippen LogP contribution in [0.2, 0.25) is 23.1 Å². The molecule has 0 aromatic heterocycles. The number of allylic oxidation sites excluding steroid dienone is 2. The van der Waals surface area contributed by atoms with Gasteiger partial charge in [0.1, 0.15) is 0 Å². The molecular weight excluding hydrogens is 862 g/mol. The second kappa shape index (κ2) is 13.3. The summed E-state index contributed by atoms with van der Waals surface area (Å²) in [6, 6.07) is 47.9. The molecule has 10 rings (SSSR count). The van der Waals surface area contributed by atoms with Crippen LogP contribution < -0.4 is 0 Å². The van der Waals surface area contributed by atoms with Crippen LogP contribution in [0.15, 0.2) is 145 Å². The third-order valence-electron chi connectivity index (χ3n) is 13.0. The summed E-state index contributed by atoms with van der Waals surface area (Å²) in [6.45, 7) is 9.25. The molecule has 56 heavy (non-hydrogen) atoms. The van der Waals surface area contributed by atoms with E-state index in [-0.39, 0.29) is 7.25 Å². The Morgan fingerprint density at radius 3 is 1.20 bits per heavy atom. The van der Waals surface area contributed by atoms with Gasteiger partial charge >= 0.3 is 350 Å². The fraction of sp³-hybridized carbons (Fsp3) is 0.120. The van der Waals surface area contributed by atoms with Gasteiger partial charge < -0.3 is 0 Å². The quantitative estimate of drug-likeness (QED) is 0.119. The van der Waals surface area contributed by atoms with Gasteiger partial charge in [0.05, 0.1) is 0 Å². The molecule has 0 amide bonds. The van der Waals surface area contributed by atoms with Gasteiger partial charge in [0.25, 0.3) is 0 Å². The Morgan fingerprint density at radius 1 is 0.446 bits per heavy atom. The van der Waals surface area contributed by atoms with Gasteiger partial charge in [-0.1, -0.05) is 0 Å². The van der Waals surface area contributed by atoms with Gasteiger partial charge in [-0.3, -0.25) is 0 Å². The van der Waals surface area contributed by atoms with E-state index in [1.54, 1.807) is 0 Å². The third-order valence-corrected chi connectivity index (χ3v) is 65.7. The molecule has 6 heteroatoms. The van der Waals surface area contributed by atoms with E-state index in [0.29, 0.717) is 10.0 Å². The van der Waals surface area contributed by atoms with Crippen LogP contribution >= 0.6 is 40.2 Å². The topological polar surface area (TPSA) is 0 Å². The summed E-state index contributed by atoms with van der Waals surface area (Å²) in [5.41, 5.74) is 11.8. The van der Waals surface area contributed by atoms with Crippen molar-refractivity contribution in [3.63, 3.8) is 0 Å². The molecule has 2 unspecified atom stereocenters. The van der Waals surface area contributed by atoms with E-state index in [4.69, 9.17) is 40.2 Å². The van der Waals surface area contributed by atoms with Gasteiger partial charge in [0.2, 0.25) is 0 Å². The third kappa shape index (κ3) is 5.33. The van der Waals surface area contributed by atoms with Crippen LogP contribution in [-0.4, -0.2) is 5.92 Å². The molecule has 8 aromatic rings. The van der Waals surface area contributed by atoms with Gasteiger partial charge in [-0.25, -0.2) is 0 Å². The summed E-state index contributed by atoms with van der Waals surface area (Å²) in [4.78, 5) is 0. The van der Waals surface area contributed by atoms with Crippen molar-refractivity contribution in [3.05, 3.63) is 177 Å². The summed E-state index contributed by atoms with van der Waals surface area (Å²) >= 11 is 9.33. The summed E-state index contributed by atoms with van der Waals surface area (Å²) < 4.78 is -0.206. The Bertz CT molecular complexity index is 2870. The van der Waals surface area contributed by atoms with Crippen molar-refractivity contribution in [2.24, 2.45) is 0 Å². The van der Waals surface area contributed by atoms with Crippen LogP contribution in [0.5, 0.6) is 0 Å². The SMILES string of the molecule is CC1=Cc2c(-c3cc4ccccc4c4ccccc34)cc(Cl)cc2[CH]1[Zr]([Cl])([Cl])([CH]1C(C)=Cc2c(-c3cc4ccccc4c4ccccc34)cc(Cl)cc21)[SiH](C)C. The first-order chi connectivity index (χ1) is 26.9. The van der Waals surface area contributed by atoms with E-state index in [1.807, 2.05) is 0 Å². The number of halogens is 4. The molecular formula is C50H39Cl4SiZr. The zero-order valence-corrected chi connectivity index (χ0v) is 38.2. The minimum atomic E-state index is -5.07. The molecule has 0 heterocycles. The van der Waals surface area contributed by atoms with Gasteiger partial charge in [0.15, 0.2) is 0 Å².